The van der Waals surface area contributed by atoms with Crippen molar-refractivity contribution < 1.29 is 13.2 Å². The molecule has 1 aromatic heterocycles. The van der Waals surface area contributed by atoms with Crippen LogP contribution in [0.2, 0.25) is 0 Å². The molecule has 1 amide bonds. The van der Waals surface area contributed by atoms with Crippen LogP contribution in [0, 0.1) is 0 Å². The molecular weight excluding hydrogens is 268 g/mol. The molecule has 0 unspecified atom stereocenters. The maximum absolute atomic E-state index is 12.0. The molecule has 8 heteroatoms. The first kappa shape index (κ1) is 13.1. The summed E-state index contributed by atoms with van der Waals surface area (Å²) in [6, 6.07) is 7.89. The third-order valence-corrected chi connectivity index (χ3v) is 3.69. The van der Waals surface area contributed by atoms with E-state index >= 15 is 0 Å². The summed E-state index contributed by atoms with van der Waals surface area (Å²) in [5.74, 6) is -0.534. The molecule has 0 aliphatic heterocycles. The van der Waals surface area contributed by atoms with Gasteiger partial charge in [-0.25, -0.2) is 0 Å². The quantitative estimate of drug-likeness (QED) is 0.726. The molecule has 19 heavy (non-hydrogen) atoms. The molecule has 0 aliphatic rings. The number of carbonyl (C=O) groups excluding carboxylic acids is 1. The second-order valence-electron chi connectivity index (χ2n) is 3.83. The number of aromatic amines is 1. The Balaban J connectivity index is 2.31. The van der Waals surface area contributed by atoms with E-state index < -0.39 is 15.9 Å². The summed E-state index contributed by atoms with van der Waals surface area (Å²) in [6.45, 7) is 0. The number of rotatable bonds is 5. The van der Waals surface area contributed by atoms with E-state index in [1.54, 1.807) is 24.3 Å². The number of hydrogen-bond acceptors (Lipinski definition) is 4. The maximum Gasteiger partial charge on any atom is 0.278 e. The van der Waals surface area contributed by atoms with Crippen LogP contribution in [-0.2, 0) is 21.2 Å². The second-order valence-corrected chi connectivity index (χ2v) is 5.48. The number of sulfonamides is 1. The van der Waals surface area contributed by atoms with Crippen molar-refractivity contribution in [3.63, 3.8) is 0 Å². The molecule has 1 aromatic carbocycles. The van der Waals surface area contributed by atoms with Crippen LogP contribution in [-0.4, -0.2) is 24.5 Å². The molecule has 0 atom stereocenters. The van der Waals surface area contributed by atoms with Gasteiger partial charge in [0.15, 0.2) is 5.03 Å². The average molecular weight is 280 g/mol. The Bertz CT molecular complexity index is 680. The molecule has 4 N–H and O–H groups in total. The molecule has 7 nitrogen and oxygen atoms in total. The lowest BCUT2D eigenvalue weighted by molar-refractivity contribution is -0.117. The van der Waals surface area contributed by atoms with Gasteiger partial charge in [-0.3, -0.25) is 14.6 Å². The Morgan fingerprint density at radius 1 is 1.32 bits per heavy atom. The zero-order chi connectivity index (χ0) is 13.9. The number of benzene rings is 1. The van der Waals surface area contributed by atoms with Crippen LogP contribution in [0.5, 0.6) is 0 Å². The number of nitrogens with one attached hydrogen (secondary N) is 2. The van der Waals surface area contributed by atoms with E-state index in [0.717, 1.165) is 0 Å². The van der Waals surface area contributed by atoms with E-state index in [4.69, 9.17) is 5.73 Å². The van der Waals surface area contributed by atoms with Gasteiger partial charge in [0.2, 0.25) is 5.91 Å². The van der Waals surface area contributed by atoms with Crippen molar-refractivity contribution in [3.8, 4) is 0 Å². The van der Waals surface area contributed by atoms with Crippen LogP contribution in [0.25, 0.3) is 0 Å². The summed E-state index contributed by atoms with van der Waals surface area (Å²) in [5.41, 5.74) is 5.95. The number of H-pyrrole nitrogens is 1. The van der Waals surface area contributed by atoms with Gasteiger partial charge in [0.25, 0.3) is 10.0 Å². The molecule has 2 aromatic rings. The number of primary amides is 1. The van der Waals surface area contributed by atoms with Crippen LogP contribution in [0.4, 0.5) is 5.69 Å². The number of anilines is 1. The van der Waals surface area contributed by atoms with E-state index in [0.29, 0.717) is 11.3 Å². The maximum atomic E-state index is 12.0. The lowest BCUT2D eigenvalue weighted by atomic mass is 10.1. The fourth-order valence-corrected chi connectivity index (χ4v) is 2.57. The van der Waals surface area contributed by atoms with Crippen LogP contribution < -0.4 is 10.5 Å². The number of hydrogen-bond donors (Lipinski definition) is 3. The molecule has 0 bridgehead atoms. The standard InChI is InChI=1S/C11H12N4O3S/c12-10(16)7-8-3-1-2-4-9(8)15-19(17,18)11-5-6-13-14-11/h1-6,15H,7H2,(H2,12,16)(H,13,14). The number of para-hydroxylation sites is 1. The Labute approximate surface area is 109 Å². The minimum absolute atomic E-state index is 0.0400. The minimum atomic E-state index is -3.75. The molecule has 100 valence electrons. The molecule has 0 spiro atoms. The molecule has 2 rings (SSSR count). The van der Waals surface area contributed by atoms with Crippen molar-refractivity contribution in [3.05, 3.63) is 42.1 Å². The highest BCUT2D eigenvalue weighted by molar-refractivity contribution is 7.92. The Morgan fingerprint density at radius 3 is 2.68 bits per heavy atom. The predicted molar refractivity (Wildman–Crippen MR) is 68.7 cm³/mol. The highest BCUT2D eigenvalue weighted by Gasteiger charge is 2.17. The van der Waals surface area contributed by atoms with Crippen LogP contribution >= 0.6 is 0 Å². The topological polar surface area (TPSA) is 118 Å². The highest BCUT2D eigenvalue weighted by Crippen LogP contribution is 2.19. The summed E-state index contributed by atoms with van der Waals surface area (Å²) in [6.07, 6.45) is 1.30. The molecule has 1 heterocycles. The van der Waals surface area contributed by atoms with Crippen molar-refractivity contribution in [1.82, 2.24) is 10.2 Å². The summed E-state index contributed by atoms with van der Waals surface area (Å²) < 4.78 is 26.4. The zero-order valence-corrected chi connectivity index (χ0v) is 10.6. The van der Waals surface area contributed by atoms with Gasteiger partial charge in [-0.1, -0.05) is 18.2 Å². The largest absolute Gasteiger partial charge is 0.369 e. The molecular formula is C11H12N4O3S. The van der Waals surface area contributed by atoms with Crippen molar-refractivity contribution in [1.29, 1.82) is 0 Å². The first-order valence-electron chi connectivity index (χ1n) is 5.37. The fraction of sp³-hybridized carbons (Fsp3) is 0.0909. The number of aromatic nitrogens is 2. The Morgan fingerprint density at radius 2 is 2.05 bits per heavy atom. The highest BCUT2D eigenvalue weighted by atomic mass is 32.2. The first-order chi connectivity index (χ1) is 8.99. The van der Waals surface area contributed by atoms with Crippen LogP contribution in [0.3, 0.4) is 0 Å². The smallest absolute Gasteiger partial charge is 0.278 e. The van der Waals surface area contributed by atoms with Crippen LogP contribution in [0.15, 0.2) is 41.6 Å². The lowest BCUT2D eigenvalue weighted by Crippen LogP contribution is -2.18. The Kier molecular flexibility index (Phi) is 3.52. The summed E-state index contributed by atoms with van der Waals surface area (Å²) in [4.78, 5) is 10.9. The molecule has 0 fully saturated rings. The number of carbonyl (C=O) groups is 1. The van der Waals surface area contributed by atoms with E-state index in [-0.39, 0.29) is 11.4 Å². The van der Waals surface area contributed by atoms with Gasteiger partial charge in [0.05, 0.1) is 18.3 Å². The molecule has 0 radical (unpaired) electrons. The van der Waals surface area contributed by atoms with E-state index in [1.165, 1.54) is 12.3 Å². The van der Waals surface area contributed by atoms with Gasteiger partial charge in [-0.15, -0.1) is 0 Å². The van der Waals surface area contributed by atoms with E-state index in [9.17, 15) is 13.2 Å². The van der Waals surface area contributed by atoms with Gasteiger partial charge in [-0.05, 0) is 17.7 Å². The van der Waals surface area contributed by atoms with Crippen molar-refractivity contribution in [2.45, 2.75) is 11.4 Å². The van der Waals surface area contributed by atoms with Crippen molar-refractivity contribution in [2.75, 3.05) is 4.72 Å². The first-order valence-corrected chi connectivity index (χ1v) is 6.86. The zero-order valence-electron chi connectivity index (χ0n) is 9.83. The van der Waals surface area contributed by atoms with Crippen molar-refractivity contribution >= 4 is 21.6 Å². The molecule has 0 saturated carbocycles. The van der Waals surface area contributed by atoms with Gasteiger partial charge >= 0.3 is 0 Å². The third kappa shape index (κ3) is 3.10. The van der Waals surface area contributed by atoms with Gasteiger partial charge < -0.3 is 5.73 Å². The van der Waals surface area contributed by atoms with E-state index in [2.05, 4.69) is 14.9 Å². The minimum Gasteiger partial charge on any atom is -0.369 e. The van der Waals surface area contributed by atoms with Gasteiger partial charge in [0.1, 0.15) is 0 Å². The fourth-order valence-electron chi connectivity index (χ4n) is 1.55. The molecule has 0 saturated heterocycles. The average Bonchev–Trinajstić information content (AvgIpc) is 2.85. The van der Waals surface area contributed by atoms with Crippen molar-refractivity contribution in [2.24, 2.45) is 5.73 Å². The van der Waals surface area contributed by atoms with Gasteiger partial charge in [-0.2, -0.15) is 13.5 Å². The lowest BCUT2D eigenvalue weighted by Gasteiger charge is -2.10. The predicted octanol–water partition coefficient (Wildman–Crippen LogP) is 0.238. The summed E-state index contributed by atoms with van der Waals surface area (Å²) in [5, 5.41) is 5.89. The van der Waals surface area contributed by atoms with Gasteiger partial charge in [0, 0.05) is 0 Å². The number of nitrogens with two attached hydrogens (primary N) is 1. The van der Waals surface area contributed by atoms with Crippen LogP contribution in [0.1, 0.15) is 5.56 Å². The normalized spacial score (nSPS) is 11.2. The summed E-state index contributed by atoms with van der Waals surface area (Å²) >= 11 is 0. The number of nitrogens with zero attached hydrogens (tertiary/aromatic N) is 1. The SMILES string of the molecule is NC(=O)Cc1ccccc1NS(=O)(=O)c1ccn[nH]1. The monoisotopic (exact) mass is 280 g/mol. The Hall–Kier alpha value is -2.35. The summed E-state index contributed by atoms with van der Waals surface area (Å²) in [7, 11) is -3.75. The molecule has 0 aliphatic carbocycles. The number of amides is 1. The second kappa shape index (κ2) is 5.11. The third-order valence-electron chi connectivity index (χ3n) is 2.39. The van der Waals surface area contributed by atoms with E-state index in [1.807, 2.05) is 0 Å².